The lowest BCUT2D eigenvalue weighted by atomic mass is 10.1. The normalized spacial score (nSPS) is 11.2. The van der Waals surface area contributed by atoms with E-state index in [0.29, 0.717) is 16.6 Å². The summed E-state index contributed by atoms with van der Waals surface area (Å²) in [7, 11) is 0. The van der Waals surface area contributed by atoms with Gasteiger partial charge >= 0.3 is 12.1 Å². The van der Waals surface area contributed by atoms with Crippen LogP contribution in [0.5, 0.6) is 0 Å². The molecule has 1 aromatic heterocycles. The molecule has 0 radical (unpaired) electrons. The number of fused-ring (bicyclic) bond motifs is 1. The monoisotopic (exact) mass is 288 g/mol. The molecule has 1 amide bonds. The highest BCUT2D eigenvalue weighted by atomic mass is 16.6. The summed E-state index contributed by atoms with van der Waals surface area (Å²) in [6.45, 7) is 5.29. The average molecular weight is 288 g/mol. The number of nitrogens with zero attached hydrogens (tertiary/aromatic N) is 1. The van der Waals surface area contributed by atoms with Gasteiger partial charge in [-0.3, -0.25) is 10.3 Å². The third-order valence-electron chi connectivity index (χ3n) is 2.62. The molecule has 6 nitrogen and oxygen atoms in total. The number of anilines is 1. The number of carboxylic acid groups (broad SMARTS) is 1. The number of rotatable bonds is 2. The molecule has 0 aliphatic rings. The van der Waals surface area contributed by atoms with Crippen LogP contribution in [0.1, 0.15) is 31.1 Å². The fourth-order valence-electron chi connectivity index (χ4n) is 1.83. The molecule has 2 aromatic rings. The number of carboxylic acids is 1. The molecule has 2 rings (SSSR count). The Hall–Kier alpha value is -2.63. The predicted octanol–water partition coefficient (Wildman–Crippen LogP) is 3.28. The SMILES string of the molecule is CC(C)(C)OC(=O)Nc1ccc2nccc(C(=O)O)c2c1. The number of amides is 1. The molecule has 1 aromatic carbocycles. The summed E-state index contributed by atoms with van der Waals surface area (Å²) in [4.78, 5) is 27.0. The minimum atomic E-state index is -1.04. The first-order valence-corrected chi connectivity index (χ1v) is 6.38. The summed E-state index contributed by atoms with van der Waals surface area (Å²) in [6.07, 6.45) is 0.842. The Balaban J connectivity index is 2.32. The Kier molecular flexibility index (Phi) is 3.80. The van der Waals surface area contributed by atoms with E-state index in [-0.39, 0.29) is 5.56 Å². The molecule has 0 saturated heterocycles. The van der Waals surface area contributed by atoms with E-state index in [4.69, 9.17) is 9.84 Å². The molecule has 0 aliphatic heterocycles. The second-order valence-electron chi connectivity index (χ2n) is 5.52. The van der Waals surface area contributed by atoms with Gasteiger partial charge in [0, 0.05) is 17.3 Å². The Morgan fingerprint density at radius 3 is 2.57 bits per heavy atom. The van der Waals surface area contributed by atoms with Crippen LogP contribution in [0, 0.1) is 0 Å². The molecule has 21 heavy (non-hydrogen) atoms. The van der Waals surface area contributed by atoms with Crippen molar-refractivity contribution >= 4 is 28.7 Å². The van der Waals surface area contributed by atoms with Gasteiger partial charge in [-0.1, -0.05) is 0 Å². The lowest BCUT2D eigenvalue weighted by Gasteiger charge is -2.19. The zero-order valence-electron chi connectivity index (χ0n) is 12.0. The number of hydrogen-bond acceptors (Lipinski definition) is 4. The standard InChI is InChI=1S/C15H16N2O4/c1-15(2,3)21-14(20)17-9-4-5-12-11(8-9)10(13(18)19)6-7-16-12/h4-8H,1-3H3,(H,17,20)(H,18,19). The summed E-state index contributed by atoms with van der Waals surface area (Å²) in [5, 5.41) is 12.2. The number of aromatic nitrogens is 1. The first-order valence-electron chi connectivity index (χ1n) is 6.38. The van der Waals surface area contributed by atoms with Gasteiger partial charge in [0.05, 0.1) is 11.1 Å². The van der Waals surface area contributed by atoms with E-state index >= 15 is 0 Å². The van der Waals surface area contributed by atoms with E-state index < -0.39 is 17.7 Å². The number of benzene rings is 1. The Morgan fingerprint density at radius 2 is 1.95 bits per heavy atom. The maximum absolute atomic E-state index is 11.7. The van der Waals surface area contributed by atoms with Gasteiger partial charge in [-0.2, -0.15) is 0 Å². The van der Waals surface area contributed by atoms with Crippen molar-refractivity contribution in [3.63, 3.8) is 0 Å². The maximum Gasteiger partial charge on any atom is 0.412 e. The summed E-state index contributed by atoms with van der Waals surface area (Å²) >= 11 is 0. The third-order valence-corrected chi connectivity index (χ3v) is 2.62. The van der Waals surface area contributed by atoms with Gasteiger partial charge in [-0.25, -0.2) is 9.59 Å². The number of carbonyl (C=O) groups excluding carboxylic acids is 1. The largest absolute Gasteiger partial charge is 0.478 e. The number of hydrogen-bond donors (Lipinski definition) is 2. The summed E-state index contributed by atoms with van der Waals surface area (Å²) in [6, 6.07) is 6.27. The van der Waals surface area contributed by atoms with Crippen LogP contribution in [-0.4, -0.2) is 27.8 Å². The van der Waals surface area contributed by atoms with E-state index in [1.807, 2.05) is 0 Å². The van der Waals surface area contributed by atoms with Gasteiger partial charge in [0.25, 0.3) is 0 Å². The van der Waals surface area contributed by atoms with Gasteiger partial charge in [0.15, 0.2) is 0 Å². The highest BCUT2D eigenvalue weighted by Gasteiger charge is 2.16. The summed E-state index contributed by atoms with van der Waals surface area (Å²) in [5.41, 5.74) is 0.527. The first-order chi connectivity index (χ1) is 9.76. The highest BCUT2D eigenvalue weighted by molar-refractivity contribution is 6.03. The van der Waals surface area contributed by atoms with Crippen molar-refractivity contribution in [2.24, 2.45) is 0 Å². The van der Waals surface area contributed by atoms with Gasteiger partial charge in [-0.15, -0.1) is 0 Å². The Morgan fingerprint density at radius 1 is 1.24 bits per heavy atom. The number of ether oxygens (including phenoxy) is 1. The van der Waals surface area contributed by atoms with Gasteiger partial charge in [-0.05, 0) is 45.0 Å². The molecule has 0 spiro atoms. The van der Waals surface area contributed by atoms with Crippen LogP contribution in [0.2, 0.25) is 0 Å². The van der Waals surface area contributed by atoms with E-state index in [1.54, 1.807) is 39.0 Å². The quantitative estimate of drug-likeness (QED) is 0.885. The third kappa shape index (κ3) is 3.68. The second-order valence-corrected chi connectivity index (χ2v) is 5.52. The fraction of sp³-hybridized carbons (Fsp3) is 0.267. The smallest absolute Gasteiger partial charge is 0.412 e. The Labute approximate surface area is 121 Å². The molecule has 0 unspecified atom stereocenters. The highest BCUT2D eigenvalue weighted by Crippen LogP contribution is 2.22. The number of carbonyl (C=O) groups is 2. The van der Waals surface area contributed by atoms with Crippen LogP contribution in [0.3, 0.4) is 0 Å². The van der Waals surface area contributed by atoms with Crippen molar-refractivity contribution in [2.75, 3.05) is 5.32 Å². The minimum Gasteiger partial charge on any atom is -0.478 e. The van der Waals surface area contributed by atoms with Crippen molar-refractivity contribution in [3.05, 3.63) is 36.0 Å². The van der Waals surface area contributed by atoms with Crippen LogP contribution in [-0.2, 0) is 4.74 Å². The lowest BCUT2D eigenvalue weighted by Crippen LogP contribution is -2.27. The minimum absolute atomic E-state index is 0.132. The molecule has 0 atom stereocenters. The van der Waals surface area contributed by atoms with Crippen LogP contribution >= 0.6 is 0 Å². The molecule has 1 heterocycles. The predicted molar refractivity (Wildman–Crippen MR) is 78.6 cm³/mol. The molecule has 2 N–H and O–H groups in total. The second kappa shape index (κ2) is 5.40. The van der Waals surface area contributed by atoms with Gasteiger partial charge in [0.1, 0.15) is 5.60 Å². The average Bonchev–Trinajstić information content (AvgIpc) is 2.35. The number of aromatic carboxylic acids is 1. The van der Waals surface area contributed by atoms with Crippen molar-refractivity contribution in [3.8, 4) is 0 Å². The van der Waals surface area contributed by atoms with Crippen LogP contribution < -0.4 is 5.32 Å². The molecule has 0 saturated carbocycles. The molecular formula is C15H16N2O4. The van der Waals surface area contributed by atoms with Crippen molar-refractivity contribution < 1.29 is 19.4 Å². The lowest BCUT2D eigenvalue weighted by molar-refractivity contribution is 0.0634. The van der Waals surface area contributed by atoms with Crippen molar-refractivity contribution in [1.82, 2.24) is 4.98 Å². The van der Waals surface area contributed by atoms with Crippen molar-refractivity contribution in [2.45, 2.75) is 26.4 Å². The zero-order chi connectivity index (χ0) is 15.6. The maximum atomic E-state index is 11.7. The molecular weight excluding hydrogens is 272 g/mol. The van der Waals surface area contributed by atoms with Crippen molar-refractivity contribution in [1.29, 1.82) is 0 Å². The van der Waals surface area contributed by atoms with E-state index in [2.05, 4.69) is 10.3 Å². The topological polar surface area (TPSA) is 88.5 Å². The summed E-state index contributed by atoms with van der Waals surface area (Å²) in [5.74, 6) is -1.04. The zero-order valence-corrected chi connectivity index (χ0v) is 12.0. The summed E-state index contributed by atoms with van der Waals surface area (Å²) < 4.78 is 5.15. The van der Waals surface area contributed by atoms with E-state index in [9.17, 15) is 9.59 Å². The molecule has 0 aliphatic carbocycles. The number of nitrogens with one attached hydrogen (secondary N) is 1. The molecule has 6 heteroatoms. The molecule has 0 bridgehead atoms. The van der Waals surface area contributed by atoms with E-state index in [1.165, 1.54) is 12.3 Å². The van der Waals surface area contributed by atoms with Gasteiger partial charge in [0.2, 0.25) is 0 Å². The van der Waals surface area contributed by atoms with Crippen LogP contribution in [0.15, 0.2) is 30.5 Å². The van der Waals surface area contributed by atoms with E-state index in [0.717, 1.165) is 0 Å². The molecule has 110 valence electrons. The van der Waals surface area contributed by atoms with Crippen LogP contribution in [0.4, 0.5) is 10.5 Å². The first kappa shape index (κ1) is 14.8. The van der Waals surface area contributed by atoms with Crippen LogP contribution in [0.25, 0.3) is 10.9 Å². The fourth-order valence-corrected chi connectivity index (χ4v) is 1.83. The number of pyridine rings is 1. The van der Waals surface area contributed by atoms with Gasteiger partial charge < -0.3 is 9.84 Å². The Bertz CT molecular complexity index is 704. The molecule has 0 fully saturated rings.